The van der Waals surface area contributed by atoms with Gasteiger partial charge in [-0.25, -0.2) is 4.39 Å². The van der Waals surface area contributed by atoms with Gasteiger partial charge < -0.3 is 9.88 Å². The Labute approximate surface area is 145 Å². The number of rotatable bonds is 3. The van der Waals surface area contributed by atoms with Gasteiger partial charge in [-0.15, -0.1) is 0 Å². The van der Waals surface area contributed by atoms with Gasteiger partial charge >= 0.3 is 0 Å². The van der Waals surface area contributed by atoms with Crippen molar-refractivity contribution in [3.63, 3.8) is 0 Å². The summed E-state index contributed by atoms with van der Waals surface area (Å²) in [6, 6.07) is 9.07. The lowest BCUT2D eigenvalue weighted by Gasteiger charge is -2.24. The zero-order chi connectivity index (χ0) is 17.4. The Balaban J connectivity index is 1.59. The fourth-order valence-corrected chi connectivity index (χ4v) is 3.63. The summed E-state index contributed by atoms with van der Waals surface area (Å²) in [5.74, 6) is -0.307. The van der Waals surface area contributed by atoms with Crippen molar-refractivity contribution in [2.24, 2.45) is 0 Å². The lowest BCUT2D eigenvalue weighted by Crippen LogP contribution is -2.35. The maximum Gasteiger partial charge on any atom is 0.255 e. The molecule has 0 aliphatic heterocycles. The van der Waals surface area contributed by atoms with Gasteiger partial charge in [-0.2, -0.15) is 0 Å². The van der Waals surface area contributed by atoms with Crippen molar-refractivity contribution in [1.82, 2.24) is 14.9 Å². The predicted octanol–water partition coefficient (Wildman–Crippen LogP) is 4.38. The van der Waals surface area contributed by atoms with Crippen molar-refractivity contribution in [1.29, 1.82) is 0 Å². The smallest absolute Gasteiger partial charge is 0.255 e. The number of nitrogens with one attached hydrogen (secondary N) is 1. The number of amides is 1. The maximum atomic E-state index is 14.1. The Hall–Kier alpha value is -2.69. The molecule has 0 atom stereocenters. The number of carbonyl (C=O) groups excluding carboxylic acids is 1. The summed E-state index contributed by atoms with van der Waals surface area (Å²) in [4.78, 5) is 21.7. The van der Waals surface area contributed by atoms with Crippen LogP contribution in [0.4, 0.5) is 4.39 Å². The molecule has 0 saturated heterocycles. The molecule has 4 rings (SSSR count). The minimum Gasteiger partial charge on any atom is -0.359 e. The van der Waals surface area contributed by atoms with Crippen molar-refractivity contribution in [3.05, 3.63) is 54.1 Å². The molecule has 1 aromatic carbocycles. The predicted molar refractivity (Wildman–Crippen MR) is 95.8 cm³/mol. The number of benzene rings is 1. The molecule has 1 N–H and O–H groups in total. The van der Waals surface area contributed by atoms with Gasteiger partial charge in [0.15, 0.2) is 0 Å². The molecule has 2 heterocycles. The van der Waals surface area contributed by atoms with E-state index in [-0.39, 0.29) is 11.7 Å². The van der Waals surface area contributed by atoms with E-state index >= 15 is 0 Å². The summed E-state index contributed by atoms with van der Waals surface area (Å²) in [5.41, 5.74) is 2.42. The Bertz CT molecular complexity index is 910. The molecule has 0 unspecified atom stereocenters. The van der Waals surface area contributed by atoms with E-state index in [2.05, 4.69) is 9.97 Å². The first-order valence-electron chi connectivity index (χ1n) is 8.64. The van der Waals surface area contributed by atoms with Crippen LogP contribution in [-0.4, -0.2) is 33.9 Å². The van der Waals surface area contributed by atoms with Crippen LogP contribution in [0.1, 0.15) is 36.0 Å². The highest BCUT2D eigenvalue weighted by atomic mass is 19.1. The van der Waals surface area contributed by atoms with Crippen LogP contribution in [0.3, 0.4) is 0 Å². The lowest BCUT2D eigenvalue weighted by atomic mass is 10.1. The Morgan fingerprint density at radius 3 is 2.76 bits per heavy atom. The average Bonchev–Trinajstić information content (AvgIpc) is 3.32. The van der Waals surface area contributed by atoms with Gasteiger partial charge in [0.2, 0.25) is 0 Å². The highest BCUT2D eigenvalue weighted by molar-refractivity contribution is 5.94. The number of halogens is 1. The van der Waals surface area contributed by atoms with E-state index in [9.17, 15) is 9.18 Å². The molecule has 4 nitrogen and oxygen atoms in total. The fraction of sp³-hybridized carbons (Fsp3) is 0.300. The second kappa shape index (κ2) is 6.31. The molecule has 1 fully saturated rings. The van der Waals surface area contributed by atoms with Crippen LogP contribution < -0.4 is 0 Å². The molecule has 2 aromatic heterocycles. The SMILES string of the molecule is CN(C(=O)c1ccc(-c2cc(F)c3[nH]ccc3c2)nc1)C1CCCC1. The number of aromatic nitrogens is 2. The highest BCUT2D eigenvalue weighted by Crippen LogP contribution is 2.26. The van der Waals surface area contributed by atoms with E-state index in [0.29, 0.717) is 28.4 Å². The second-order valence-electron chi connectivity index (χ2n) is 6.69. The molecule has 0 bridgehead atoms. The van der Waals surface area contributed by atoms with Crippen LogP contribution in [-0.2, 0) is 0 Å². The van der Waals surface area contributed by atoms with Gasteiger partial charge in [-0.05, 0) is 43.2 Å². The van der Waals surface area contributed by atoms with Crippen LogP contribution in [0, 0.1) is 5.82 Å². The van der Waals surface area contributed by atoms with E-state index in [1.54, 1.807) is 24.5 Å². The van der Waals surface area contributed by atoms with E-state index in [0.717, 1.165) is 18.2 Å². The molecule has 1 aliphatic rings. The summed E-state index contributed by atoms with van der Waals surface area (Å²) < 4.78 is 14.1. The van der Waals surface area contributed by atoms with Crippen LogP contribution >= 0.6 is 0 Å². The summed E-state index contributed by atoms with van der Waals surface area (Å²) >= 11 is 0. The molecule has 1 amide bonds. The third-order valence-electron chi connectivity index (χ3n) is 5.11. The Morgan fingerprint density at radius 2 is 2.04 bits per heavy atom. The quantitative estimate of drug-likeness (QED) is 0.771. The number of H-pyrrole nitrogens is 1. The average molecular weight is 337 g/mol. The molecular formula is C20H20FN3O. The van der Waals surface area contributed by atoms with Crippen LogP contribution in [0.2, 0.25) is 0 Å². The van der Waals surface area contributed by atoms with Gasteiger partial charge in [-0.3, -0.25) is 9.78 Å². The van der Waals surface area contributed by atoms with Crippen LogP contribution in [0.25, 0.3) is 22.2 Å². The molecule has 5 heteroatoms. The fourth-order valence-electron chi connectivity index (χ4n) is 3.63. The van der Waals surface area contributed by atoms with E-state index in [1.807, 2.05) is 24.1 Å². The van der Waals surface area contributed by atoms with Gasteiger partial charge in [-0.1, -0.05) is 12.8 Å². The second-order valence-corrected chi connectivity index (χ2v) is 6.69. The third kappa shape index (κ3) is 2.90. The topological polar surface area (TPSA) is 49.0 Å². The van der Waals surface area contributed by atoms with E-state index < -0.39 is 0 Å². The van der Waals surface area contributed by atoms with Gasteiger partial charge in [0.25, 0.3) is 5.91 Å². The van der Waals surface area contributed by atoms with Crippen LogP contribution in [0.5, 0.6) is 0 Å². The van der Waals surface area contributed by atoms with Crippen molar-refractivity contribution in [2.75, 3.05) is 7.05 Å². The van der Waals surface area contributed by atoms with Gasteiger partial charge in [0, 0.05) is 36.4 Å². The minimum atomic E-state index is -0.305. The lowest BCUT2D eigenvalue weighted by molar-refractivity contribution is 0.0735. The van der Waals surface area contributed by atoms with Crippen molar-refractivity contribution < 1.29 is 9.18 Å². The number of aromatic amines is 1. The molecular weight excluding hydrogens is 317 g/mol. The summed E-state index contributed by atoms with van der Waals surface area (Å²) in [6.45, 7) is 0. The number of hydrogen-bond acceptors (Lipinski definition) is 2. The number of nitrogens with zero attached hydrogens (tertiary/aromatic N) is 2. The number of fused-ring (bicyclic) bond motifs is 1. The maximum absolute atomic E-state index is 14.1. The number of carbonyl (C=O) groups is 1. The largest absolute Gasteiger partial charge is 0.359 e. The first-order chi connectivity index (χ1) is 12.1. The van der Waals surface area contributed by atoms with Crippen molar-refractivity contribution in [2.45, 2.75) is 31.7 Å². The molecule has 0 radical (unpaired) electrons. The van der Waals surface area contributed by atoms with Crippen molar-refractivity contribution in [3.8, 4) is 11.3 Å². The monoisotopic (exact) mass is 337 g/mol. The summed E-state index contributed by atoms with van der Waals surface area (Å²) in [5, 5.41) is 0.804. The number of hydrogen-bond donors (Lipinski definition) is 1. The van der Waals surface area contributed by atoms with Gasteiger partial charge in [0.1, 0.15) is 5.82 Å². The van der Waals surface area contributed by atoms with Crippen LogP contribution in [0.15, 0.2) is 42.7 Å². The summed E-state index contributed by atoms with van der Waals surface area (Å²) in [7, 11) is 1.86. The molecule has 1 saturated carbocycles. The molecule has 3 aromatic rings. The number of pyridine rings is 1. The molecule has 0 spiro atoms. The zero-order valence-corrected chi connectivity index (χ0v) is 14.1. The van der Waals surface area contributed by atoms with Crippen molar-refractivity contribution >= 4 is 16.8 Å². The minimum absolute atomic E-state index is 0.00165. The standard InChI is InChI=1S/C20H20FN3O/c1-24(16-4-2-3-5-16)20(25)14-6-7-18(23-12-14)15-10-13-8-9-22-19(13)17(21)11-15/h6-12,16,22H,2-5H2,1H3. The molecule has 1 aliphatic carbocycles. The first kappa shape index (κ1) is 15.8. The summed E-state index contributed by atoms with van der Waals surface area (Å²) in [6.07, 6.45) is 7.82. The Kier molecular flexibility index (Phi) is 3.99. The zero-order valence-electron chi connectivity index (χ0n) is 14.1. The molecule has 25 heavy (non-hydrogen) atoms. The first-order valence-corrected chi connectivity index (χ1v) is 8.64. The highest BCUT2D eigenvalue weighted by Gasteiger charge is 2.24. The van der Waals surface area contributed by atoms with E-state index in [4.69, 9.17) is 0 Å². The van der Waals surface area contributed by atoms with E-state index in [1.165, 1.54) is 18.9 Å². The normalized spacial score (nSPS) is 15.0. The molecule has 128 valence electrons. The Morgan fingerprint density at radius 1 is 1.24 bits per heavy atom. The van der Waals surface area contributed by atoms with Gasteiger partial charge in [0.05, 0.1) is 16.8 Å². The third-order valence-corrected chi connectivity index (χ3v) is 5.11.